The van der Waals surface area contributed by atoms with Crippen LogP contribution in [0.2, 0.25) is 5.02 Å². The summed E-state index contributed by atoms with van der Waals surface area (Å²) in [6.07, 6.45) is 5.80. The van der Waals surface area contributed by atoms with Crippen molar-refractivity contribution >= 4 is 35.3 Å². The van der Waals surface area contributed by atoms with Gasteiger partial charge in [-0.25, -0.2) is 0 Å². The van der Waals surface area contributed by atoms with Crippen molar-refractivity contribution in [3.63, 3.8) is 0 Å². The van der Waals surface area contributed by atoms with Crippen molar-refractivity contribution < 1.29 is 4.52 Å². The number of thiophene rings is 1. The number of aryl methyl sites for hydroxylation is 2. The van der Waals surface area contributed by atoms with Crippen LogP contribution in [0, 0.1) is 0 Å². The first kappa shape index (κ1) is 15.8. The van der Waals surface area contributed by atoms with Crippen molar-refractivity contribution in [2.75, 3.05) is 0 Å². The standard InChI is InChI=1S/C13H16ClN3OS.ClH/c14-9-7-10(19-8-9)3-4-11-16-12(17-18-11)13(15)5-1-2-6-13;/h7-8H,1-6,15H2;1H. The van der Waals surface area contributed by atoms with Gasteiger partial charge < -0.3 is 10.3 Å². The molecule has 2 aromatic rings. The average molecular weight is 334 g/mol. The minimum absolute atomic E-state index is 0. The number of rotatable bonds is 4. The van der Waals surface area contributed by atoms with Crippen molar-refractivity contribution in [1.82, 2.24) is 10.1 Å². The summed E-state index contributed by atoms with van der Waals surface area (Å²) >= 11 is 7.55. The fourth-order valence-corrected chi connectivity index (χ4v) is 3.58. The smallest absolute Gasteiger partial charge is 0.227 e. The molecule has 20 heavy (non-hydrogen) atoms. The van der Waals surface area contributed by atoms with E-state index in [0.717, 1.165) is 43.5 Å². The van der Waals surface area contributed by atoms with E-state index in [4.69, 9.17) is 21.9 Å². The van der Waals surface area contributed by atoms with E-state index < -0.39 is 0 Å². The Kier molecular flexibility index (Phi) is 5.07. The van der Waals surface area contributed by atoms with E-state index in [2.05, 4.69) is 10.1 Å². The molecule has 2 aromatic heterocycles. The van der Waals surface area contributed by atoms with Gasteiger partial charge in [0.2, 0.25) is 5.89 Å². The normalized spacial score (nSPS) is 17.1. The molecule has 0 aromatic carbocycles. The van der Waals surface area contributed by atoms with Gasteiger partial charge in [0, 0.05) is 16.7 Å². The minimum Gasteiger partial charge on any atom is -0.339 e. The SMILES string of the molecule is Cl.NC1(c2noc(CCc3cc(Cl)cs3)n2)CCCC1. The van der Waals surface area contributed by atoms with Crippen molar-refractivity contribution in [3.8, 4) is 0 Å². The van der Waals surface area contributed by atoms with E-state index in [1.807, 2.05) is 11.4 Å². The Morgan fingerprint density at radius 1 is 1.35 bits per heavy atom. The van der Waals surface area contributed by atoms with Crippen molar-refractivity contribution in [3.05, 3.63) is 33.1 Å². The number of nitrogens with zero attached hydrogens (tertiary/aromatic N) is 2. The fourth-order valence-electron chi connectivity index (χ4n) is 2.50. The zero-order chi connectivity index (χ0) is 13.3. The van der Waals surface area contributed by atoms with Crippen LogP contribution < -0.4 is 5.73 Å². The molecule has 0 spiro atoms. The molecule has 0 aliphatic heterocycles. The third-order valence-electron chi connectivity index (χ3n) is 3.62. The molecule has 110 valence electrons. The fraction of sp³-hybridized carbons (Fsp3) is 0.538. The molecule has 0 radical (unpaired) electrons. The maximum Gasteiger partial charge on any atom is 0.227 e. The molecular formula is C13H17Cl2N3OS. The van der Waals surface area contributed by atoms with E-state index in [1.165, 1.54) is 4.88 Å². The van der Waals surface area contributed by atoms with Crippen LogP contribution in [0.5, 0.6) is 0 Å². The van der Waals surface area contributed by atoms with Crippen LogP contribution in [-0.4, -0.2) is 10.1 Å². The van der Waals surface area contributed by atoms with Crippen molar-refractivity contribution in [1.29, 1.82) is 0 Å². The summed E-state index contributed by atoms with van der Waals surface area (Å²) in [4.78, 5) is 5.68. The van der Waals surface area contributed by atoms with Gasteiger partial charge >= 0.3 is 0 Å². The molecule has 2 N–H and O–H groups in total. The summed E-state index contributed by atoms with van der Waals surface area (Å²) in [7, 11) is 0. The van der Waals surface area contributed by atoms with Gasteiger partial charge in [-0.2, -0.15) is 4.98 Å². The van der Waals surface area contributed by atoms with E-state index in [1.54, 1.807) is 11.3 Å². The Hall–Kier alpha value is -0.620. The zero-order valence-electron chi connectivity index (χ0n) is 11.0. The first-order valence-corrected chi connectivity index (χ1v) is 7.76. The second kappa shape index (κ2) is 6.43. The molecular weight excluding hydrogens is 317 g/mol. The summed E-state index contributed by atoms with van der Waals surface area (Å²) in [6, 6.07) is 1.98. The highest BCUT2D eigenvalue weighted by atomic mass is 35.5. The maximum absolute atomic E-state index is 6.30. The minimum atomic E-state index is -0.367. The first-order chi connectivity index (χ1) is 9.16. The number of halogens is 2. The average Bonchev–Trinajstić information content (AvgIpc) is 3.08. The molecule has 0 amide bonds. The maximum atomic E-state index is 6.30. The Morgan fingerprint density at radius 3 is 2.75 bits per heavy atom. The van der Waals surface area contributed by atoms with Crippen LogP contribution in [-0.2, 0) is 18.4 Å². The molecule has 1 fully saturated rings. The van der Waals surface area contributed by atoms with Gasteiger partial charge in [0.15, 0.2) is 5.82 Å². The molecule has 3 rings (SSSR count). The van der Waals surface area contributed by atoms with Crippen LogP contribution >= 0.6 is 35.3 Å². The highest BCUT2D eigenvalue weighted by Gasteiger charge is 2.35. The molecule has 0 bridgehead atoms. The van der Waals surface area contributed by atoms with Crippen LogP contribution in [0.15, 0.2) is 16.0 Å². The van der Waals surface area contributed by atoms with Gasteiger partial charge in [0.05, 0.1) is 10.6 Å². The lowest BCUT2D eigenvalue weighted by molar-refractivity contribution is 0.348. The molecule has 0 unspecified atom stereocenters. The predicted molar refractivity (Wildman–Crippen MR) is 82.6 cm³/mol. The number of hydrogen-bond acceptors (Lipinski definition) is 5. The van der Waals surface area contributed by atoms with Crippen LogP contribution in [0.1, 0.15) is 42.3 Å². The number of aromatic nitrogens is 2. The van der Waals surface area contributed by atoms with Gasteiger partial charge in [-0.1, -0.05) is 29.6 Å². The largest absolute Gasteiger partial charge is 0.339 e. The van der Waals surface area contributed by atoms with Gasteiger partial charge in [0.25, 0.3) is 0 Å². The monoisotopic (exact) mass is 333 g/mol. The summed E-state index contributed by atoms with van der Waals surface area (Å²) in [5.41, 5.74) is 5.94. The first-order valence-electron chi connectivity index (χ1n) is 6.51. The lowest BCUT2D eigenvalue weighted by Gasteiger charge is -2.17. The molecule has 0 saturated heterocycles. The molecule has 0 atom stereocenters. The van der Waals surface area contributed by atoms with Crippen molar-refractivity contribution in [2.24, 2.45) is 5.73 Å². The summed E-state index contributed by atoms with van der Waals surface area (Å²) in [5.74, 6) is 1.33. The quantitative estimate of drug-likeness (QED) is 0.925. The molecule has 1 saturated carbocycles. The summed E-state index contributed by atoms with van der Waals surface area (Å²) in [6.45, 7) is 0. The topological polar surface area (TPSA) is 64.9 Å². The van der Waals surface area contributed by atoms with Crippen LogP contribution in [0.25, 0.3) is 0 Å². The Labute approximate surface area is 133 Å². The van der Waals surface area contributed by atoms with Gasteiger partial charge in [0.1, 0.15) is 0 Å². The molecule has 2 heterocycles. The van der Waals surface area contributed by atoms with E-state index >= 15 is 0 Å². The zero-order valence-corrected chi connectivity index (χ0v) is 13.4. The van der Waals surface area contributed by atoms with Gasteiger partial charge in [-0.3, -0.25) is 0 Å². The summed E-state index contributed by atoms with van der Waals surface area (Å²) < 4.78 is 5.30. The van der Waals surface area contributed by atoms with Gasteiger partial charge in [-0.05, 0) is 25.3 Å². The third-order valence-corrected chi connectivity index (χ3v) is 4.96. The molecule has 4 nitrogen and oxygen atoms in total. The van der Waals surface area contributed by atoms with E-state index in [-0.39, 0.29) is 17.9 Å². The van der Waals surface area contributed by atoms with Crippen molar-refractivity contribution in [2.45, 2.75) is 44.1 Å². The molecule has 7 heteroatoms. The van der Waals surface area contributed by atoms with Crippen LogP contribution in [0.4, 0.5) is 0 Å². The molecule has 1 aliphatic rings. The highest BCUT2D eigenvalue weighted by Crippen LogP contribution is 2.34. The van der Waals surface area contributed by atoms with Crippen LogP contribution in [0.3, 0.4) is 0 Å². The third kappa shape index (κ3) is 3.34. The van der Waals surface area contributed by atoms with E-state index in [0.29, 0.717) is 11.7 Å². The number of hydrogen-bond donors (Lipinski definition) is 1. The lowest BCUT2D eigenvalue weighted by Crippen LogP contribution is -2.34. The van der Waals surface area contributed by atoms with E-state index in [9.17, 15) is 0 Å². The van der Waals surface area contributed by atoms with Gasteiger partial charge in [-0.15, -0.1) is 23.7 Å². The lowest BCUT2D eigenvalue weighted by atomic mass is 9.99. The second-order valence-corrected chi connectivity index (χ2v) is 6.54. The summed E-state index contributed by atoms with van der Waals surface area (Å²) in [5, 5.41) is 6.78. The second-order valence-electron chi connectivity index (χ2n) is 5.11. The predicted octanol–water partition coefficient (Wildman–Crippen LogP) is 3.72. The Morgan fingerprint density at radius 2 is 2.10 bits per heavy atom. The molecule has 1 aliphatic carbocycles. The Balaban J connectivity index is 0.00000147. The highest BCUT2D eigenvalue weighted by molar-refractivity contribution is 7.10. The number of nitrogens with two attached hydrogens (primary N) is 1. The Bertz CT molecular complexity index is 563.